The van der Waals surface area contributed by atoms with E-state index in [1.165, 1.54) is 6.42 Å². The maximum Gasteiger partial charge on any atom is 0.237 e. The molecule has 0 aromatic heterocycles. The fraction of sp³-hybridized carbons (Fsp3) is 0.933. The summed E-state index contributed by atoms with van der Waals surface area (Å²) < 4.78 is 0. The van der Waals surface area contributed by atoms with Crippen LogP contribution in [-0.4, -0.2) is 58.6 Å². The van der Waals surface area contributed by atoms with Gasteiger partial charge in [0.1, 0.15) is 0 Å². The summed E-state index contributed by atoms with van der Waals surface area (Å²) in [5.41, 5.74) is 0. The van der Waals surface area contributed by atoms with E-state index in [0.29, 0.717) is 6.54 Å². The highest BCUT2D eigenvalue weighted by molar-refractivity contribution is 5.78. The van der Waals surface area contributed by atoms with Crippen LogP contribution in [0.5, 0.6) is 0 Å². The average Bonchev–Trinajstić information content (AvgIpc) is 2.52. The van der Waals surface area contributed by atoms with Gasteiger partial charge in [0.25, 0.3) is 0 Å². The number of aliphatic hydroxyl groups is 1. The summed E-state index contributed by atoms with van der Waals surface area (Å²) in [7, 11) is 0. The van der Waals surface area contributed by atoms with Crippen LogP contribution in [0.25, 0.3) is 0 Å². The molecule has 1 aliphatic rings. The molecule has 0 aromatic rings. The molecule has 4 nitrogen and oxygen atoms in total. The molecule has 1 N–H and O–H groups in total. The molecule has 19 heavy (non-hydrogen) atoms. The van der Waals surface area contributed by atoms with Crippen molar-refractivity contribution < 1.29 is 9.90 Å². The lowest BCUT2D eigenvalue weighted by atomic mass is 10.1. The Bertz CT molecular complexity index is 271. The lowest BCUT2D eigenvalue weighted by molar-refractivity contribution is -0.136. The van der Waals surface area contributed by atoms with E-state index < -0.39 is 0 Å². The fourth-order valence-electron chi connectivity index (χ4n) is 3.08. The molecular formula is C15H30N2O2. The Kier molecular flexibility index (Phi) is 6.80. The van der Waals surface area contributed by atoms with Gasteiger partial charge in [-0.1, -0.05) is 12.8 Å². The molecular weight excluding hydrogens is 240 g/mol. The van der Waals surface area contributed by atoms with Crippen LogP contribution in [0.3, 0.4) is 0 Å². The number of amides is 1. The molecule has 1 saturated heterocycles. The summed E-state index contributed by atoms with van der Waals surface area (Å²) in [5, 5.41) is 9.49. The van der Waals surface area contributed by atoms with Gasteiger partial charge >= 0.3 is 0 Å². The van der Waals surface area contributed by atoms with Crippen LogP contribution in [0.2, 0.25) is 0 Å². The molecule has 1 fully saturated rings. The zero-order valence-electron chi connectivity index (χ0n) is 12.9. The van der Waals surface area contributed by atoms with Crippen molar-refractivity contribution >= 4 is 5.91 Å². The molecule has 4 heteroatoms. The number of hydrogen-bond donors (Lipinski definition) is 1. The SMILES string of the molecule is CC(C)N(C(=O)CN1CCCCCC1CO)C(C)C. The van der Waals surface area contributed by atoms with E-state index in [-0.39, 0.29) is 30.6 Å². The monoisotopic (exact) mass is 270 g/mol. The van der Waals surface area contributed by atoms with Gasteiger partial charge < -0.3 is 10.0 Å². The van der Waals surface area contributed by atoms with Crippen LogP contribution >= 0.6 is 0 Å². The van der Waals surface area contributed by atoms with Crippen LogP contribution in [0, 0.1) is 0 Å². The van der Waals surface area contributed by atoms with Crippen molar-refractivity contribution in [2.75, 3.05) is 19.7 Å². The highest BCUT2D eigenvalue weighted by Crippen LogP contribution is 2.17. The molecule has 0 aromatic carbocycles. The zero-order chi connectivity index (χ0) is 14.4. The van der Waals surface area contributed by atoms with Gasteiger partial charge in [-0.15, -0.1) is 0 Å². The Labute approximate surface area is 117 Å². The summed E-state index contributed by atoms with van der Waals surface area (Å²) in [6.45, 7) is 9.78. The number of likely N-dealkylation sites (tertiary alicyclic amines) is 1. The number of rotatable bonds is 5. The van der Waals surface area contributed by atoms with E-state index in [0.717, 1.165) is 25.8 Å². The normalized spacial score (nSPS) is 21.7. The summed E-state index contributed by atoms with van der Waals surface area (Å²) in [4.78, 5) is 16.6. The number of carbonyl (C=O) groups excluding carboxylic acids is 1. The molecule has 1 aliphatic heterocycles. The minimum absolute atomic E-state index is 0.160. The molecule has 1 unspecified atom stereocenters. The van der Waals surface area contributed by atoms with Crippen LogP contribution in [-0.2, 0) is 4.79 Å². The summed E-state index contributed by atoms with van der Waals surface area (Å²) in [5.74, 6) is 0.186. The topological polar surface area (TPSA) is 43.8 Å². The lowest BCUT2D eigenvalue weighted by Gasteiger charge is -2.35. The van der Waals surface area contributed by atoms with Crippen LogP contribution in [0.1, 0.15) is 53.4 Å². The Morgan fingerprint density at radius 2 is 1.84 bits per heavy atom. The van der Waals surface area contributed by atoms with E-state index in [4.69, 9.17) is 0 Å². The molecule has 0 saturated carbocycles. The van der Waals surface area contributed by atoms with Crippen molar-refractivity contribution in [3.8, 4) is 0 Å². The second-order valence-corrected chi connectivity index (χ2v) is 6.14. The standard InChI is InChI=1S/C15H30N2O2/c1-12(2)17(13(3)4)15(19)10-16-9-7-5-6-8-14(16)11-18/h12-14,18H,5-11H2,1-4H3. The van der Waals surface area contributed by atoms with Crippen molar-refractivity contribution in [2.45, 2.75) is 71.5 Å². The van der Waals surface area contributed by atoms with Gasteiger partial charge in [0.05, 0.1) is 13.2 Å². The average molecular weight is 270 g/mol. The third-order valence-corrected chi connectivity index (χ3v) is 3.95. The first-order valence-electron chi connectivity index (χ1n) is 7.63. The quantitative estimate of drug-likeness (QED) is 0.829. The minimum atomic E-state index is 0.160. The number of hydrogen-bond acceptors (Lipinski definition) is 3. The molecule has 0 spiro atoms. The Morgan fingerprint density at radius 3 is 2.37 bits per heavy atom. The molecule has 1 rings (SSSR count). The van der Waals surface area contributed by atoms with E-state index in [1.54, 1.807) is 0 Å². The van der Waals surface area contributed by atoms with E-state index in [9.17, 15) is 9.90 Å². The fourth-order valence-corrected chi connectivity index (χ4v) is 3.08. The highest BCUT2D eigenvalue weighted by Gasteiger charge is 2.26. The first-order chi connectivity index (χ1) is 8.97. The molecule has 112 valence electrons. The lowest BCUT2D eigenvalue weighted by Crippen LogP contribution is -2.49. The predicted molar refractivity (Wildman–Crippen MR) is 78.0 cm³/mol. The van der Waals surface area contributed by atoms with E-state index in [1.807, 2.05) is 4.90 Å². The van der Waals surface area contributed by atoms with Crippen LogP contribution in [0.15, 0.2) is 0 Å². The largest absolute Gasteiger partial charge is 0.395 e. The first kappa shape index (κ1) is 16.4. The second kappa shape index (κ2) is 7.85. The maximum absolute atomic E-state index is 12.5. The van der Waals surface area contributed by atoms with Gasteiger partial charge in [0.2, 0.25) is 5.91 Å². The van der Waals surface area contributed by atoms with Crippen LogP contribution in [0.4, 0.5) is 0 Å². The van der Waals surface area contributed by atoms with E-state index >= 15 is 0 Å². The van der Waals surface area contributed by atoms with Crippen molar-refractivity contribution in [3.63, 3.8) is 0 Å². The smallest absolute Gasteiger partial charge is 0.237 e. The molecule has 0 aliphatic carbocycles. The summed E-state index contributed by atoms with van der Waals surface area (Å²) in [6, 6.07) is 0.617. The van der Waals surface area contributed by atoms with Gasteiger partial charge in [-0.2, -0.15) is 0 Å². The van der Waals surface area contributed by atoms with E-state index in [2.05, 4.69) is 32.6 Å². The van der Waals surface area contributed by atoms with Gasteiger partial charge in [-0.05, 0) is 47.1 Å². The third kappa shape index (κ3) is 4.77. The van der Waals surface area contributed by atoms with Gasteiger partial charge in [0, 0.05) is 18.1 Å². The summed E-state index contributed by atoms with van der Waals surface area (Å²) in [6.07, 6.45) is 4.51. The molecule has 1 amide bonds. The zero-order valence-corrected chi connectivity index (χ0v) is 12.9. The number of carbonyl (C=O) groups is 1. The van der Waals surface area contributed by atoms with Gasteiger partial charge in [0.15, 0.2) is 0 Å². The Balaban J connectivity index is 2.66. The number of aliphatic hydroxyl groups excluding tert-OH is 1. The molecule has 1 atom stereocenters. The summed E-state index contributed by atoms with van der Waals surface area (Å²) >= 11 is 0. The third-order valence-electron chi connectivity index (χ3n) is 3.95. The van der Waals surface area contributed by atoms with Gasteiger partial charge in [-0.25, -0.2) is 0 Å². The van der Waals surface area contributed by atoms with Crippen molar-refractivity contribution in [3.05, 3.63) is 0 Å². The maximum atomic E-state index is 12.5. The van der Waals surface area contributed by atoms with Crippen LogP contribution < -0.4 is 0 Å². The second-order valence-electron chi connectivity index (χ2n) is 6.14. The van der Waals surface area contributed by atoms with Crippen molar-refractivity contribution in [1.29, 1.82) is 0 Å². The van der Waals surface area contributed by atoms with Gasteiger partial charge in [-0.3, -0.25) is 9.69 Å². The van der Waals surface area contributed by atoms with Crippen molar-refractivity contribution in [1.82, 2.24) is 9.80 Å². The predicted octanol–water partition coefficient (Wildman–Crippen LogP) is 1.87. The minimum Gasteiger partial charge on any atom is -0.395 e. The molecule has 0 bridgehead atoms. The molecule has 0 radical (unpaired) electrons. The Morgan fingerprint density at radius 1 is 1.21 bits per heavy atom. The van der Waals surface area contributed by atoms with Crippen molar-refractivity contribution in [2.24, 2.45) is 0 Å². The first-order valence-corrected chi connectivity index (χ1v) is 7.63. The Hall–Kier alpha value is -0.610. The molecule has 1 heterocycles. The highest BCUT2D eigenvalue weighted by atomic mass is 16.3. The number of nitrogens with zero attached hydrogens (tertiary/aromatic N) is 2.